The van der Waals surface area contributed by atoms with Crippen molar-refractivity contribution in [2.45, 2.75) is 51.6 Å². The van der Waals surface area contributed by atoms with Gasteiger partial charge in [-0.1, -0.05) is 55.9 Å². The third-order valence-electron chi connectivity index (χ3n) is 6.94. The molecule has 2 unspecified atom stereocenters. The number of aromatic hydroxyl groups is 1. The van der Waals surface area contributed by atoms with Crippen molar-refractivity contribution in [3.63, 3.8) is 0 Å². The third-order valence-corrected chi connectivity index (χ3v) is 7.93. The standard InChI is InChI=1S/C33H32O9S2/c1-3-8-23-26(13-12-22(19(2)34)30(23)36)40-15-7-5-4-6-9-25(29(35)20-14-16-44-18-20)28-31(37)24-11-10-21(43)17-27(24)41-32(28)42-33(38)39/h4-6,9,11-14,16-18,25,29,35-36H,3,7-8,10,15H2,1-2H3,(H,38,39)/b5-4-,9-6+. The molecule has 2 heterocycles. The quantitative estimate of drug-likeness (QED) is 0.0738. The van der Waals surface area contributed by atoms with Crippen LogP contribution < -0.4 is 25.5 Å². The highest BCUT2D eigenvalue weighted by molar-refractivity contribution is 7.81. The Morgan fingerprint density at radius 2 is 2.02 bits per heavy atom. The molecule has 0 spiro atoms. The zero-order valence-electron chi connectivity index (χ0n) is 24.1. The van der Waals surface area contributed by atoms with E-state index in [9.17, 15) is 29.7 Å². The van der Waals surface area contributed by atoms with Gasteiger partial charge in [0.05, 0.1) is 29.1 Å². The number of aliphatic hydroxyl groups is 1. The van der Waals surface area contributed by atoms with Crippen molar-refractivity contribution < 1.29 is 38.8 Å². The molecule has 2 aromatic heterocycles. The molecular weight excluding hydrogens is 604 g/mol. The second-order valence-electron chi connectivity index (χ2n) is 10.0. The van der Waals surface area contributed by atoms with Crippen LogP contribution in [-0.4, -0.2) is 38.7 Å². The Morgan fingerprint density at radius 1 is 1.23 bits per heavy atom. The van der Waals surface area contributed by atoms with Crippen molar-refractivity contribution >= 4 is 52.5 Å². The number of ketones is 1. The smallest absolute Gasteiger partial charge is 0.507 e. The first-order chi connectivity index (χ1) is 21.1. The molecule has 4 rings (SSSR count). The summed E-state index contributed by atoms with van der Waals surface area (Å²) in [6.07, 6.45) is 9.16. The number of hydrogen-bond donors (Lipinski definition) is 3. The lowest BCUT2D eigenvalue weighted by molar-refractivity contribution is 0.101. The minimum Gasteiger partial charge on any atom is -0.507 e. The zero-order chi connectivity index (χ0) is 31.8. The van der Waals surface area contributed by atoms with E-state index in [0.29, 0.717) is 47.6 Å². The minimum absolute atomic E-state index is 0.0540. The number of fused-ring (bicyclic) bond motifs is 1. The van der Waals surface area contributed by atoms with E-state index < -0.39 is 29.6 Å². The van der Waals surface area contributed by atoms with Crippen molar-refractivity contribution in [2.75, 3.05) is 6.61 Å². The average molecular weight is 637 g/mol. The van der Waals surface area contributed by atoms with Crippen molar-refractivity contribution in [3.05, 3.63) is 96.4 Å². The average Bonchev–Trinajstić information content (AvgIpc) is 3.51. The highest BCUT2D eigenvalue weighted by atomic mass is 32.1. The summed E-state index contributed by atoms with van der Waals surface area (Å²) in [7, 11) is 0. The maximum absolute atomic E-state index is 13.7. The molecule has 1 aliphatic rings. The van der Waals surface area contributed by atoms with Crippen LogP contribution in [0, 0.1) is 0 Å². The number of benzene rings is 1. The Kier molecular flexibility index (Phi) is 11.0. The van der Waals surface area contributed by atoms with Gasteiger partial charge < -0.3 is 29.2 Å². The lowest BCUT2D eigenvalue weighted by Crippen LogP contribution is -2.44. The molecule has 1 aromatic carbocycles. The highest BCUT2D eigenvalue weighted by Gasteiger charge is 2.30. The maximum Gasteiger partial charge on any atom is 0.513 e. The van der Waals surface area contributed by atoms with Gasteiger partial charge in [0, 0.05) is 22.8 Å². The van der Waals surface area contributed by atoms with Gasteiger partial charge in [0.2, 0.25) is 0 Å². The molecule has 0 aliphatic heterocycles. The van der Waals surface area contributed by atoms with Crippen LogP contribution in [0.25, 0.3) is 12.2 Å². The minimum atomic E-state index is -1.67. The fourth-order valence-electron chi connectivity index (χ4n) is 4.84. The van der Waals surface area contributed by atoms with Crippen LogP contribution in [0.15, 0.2) is 62.5 Å². The summed E-state index contributed by atoms with van der Waals surface area (Å²) in [5.41, 5.74) is 0.838. The molecule has 0 saturated heterocycles. The normalized spacial score (nSPS) is 14.1. The summed E-state index contributed by atoms with van der Waals surface area (Å²) in [5.74, 6) is -1.31. The van der Waals surface area contributed by atoms with Gasteiger partial charge in [-0.2, -0.15) is 11.3 Å². The molecule has 44 heavy (non-hydrogen) atoms. The predicted molar refractivity (Wildman–Crippen MR) is 172 cm³/mol. The first-order valence-electron chi connectivity index (χ1n) is 14.0. The molecule has 9 nitrogen and oxygen atoms in total. The van der Waals surface area contributed by atoms with E-state index in [1.807, 2.05) is 13.0 Å². The molecule has 0 amide bonds. The van der Waals surface area contributed by atoms with E-state index in [1.54, 1.807) is 53.3 Å². The number of carbonyl (C=O) groups excluding carboxylic acids is 1. The molecule has 11 heteroatoms. The number of phenolic OH excluding ortho intramolecular Hbond substituents is 1. The summed E-state index contributed by atoms with van der Waals surface area (Å²) in [6, 6.07) is 4.95. The number of Topliss-reactive ketones (excluding diaryl/α,β-unsaturated/α-hetero) is 1. The highest BCUT2D eigenvalue weighted by Crippen LogP contribution is 2.36. The van der Waals surface area contributed by atoms with Crippen molar-refractivity contribution in [2.24, 2.45) is 0 Å². The number of ether oxygens (including phenoxy) is 2. The second kappa shape index (κ2) is 14.9. The van der Waals surface area contributed by atoms with Crippen molar-refractivity contribution in [1.29, 1.82) is 0 Å². The van der Waals surface area contributed by atoms with Crippen LogP contribution in [0.3, 0.4) is 0 Å². The Morgan fingerprint density at radius 3 is 2.70 bits per heavy atom. The van der Waals surface area contributed by atoms with Crippen LogP contribution in [-0.2, 0) is 6.42 Å². The Hall–Kier alpha value is -4.32. The van der Waals surface area contributed by atoms with Gasteiger partial charge in [-0.25, -0.2) is 4.79 Å². The lowest BCUT2D eigenvalue weighted by atomic mass is 9.89. The Labute approximate surface area is 262 Å². The number of phenols is 1. The van der Waals surface area contributed by atoms with E-state index >= 15 is 0 Å². The van der Waals surface area contributed by atoms with Crippen LogP contribution in [0.2, 0.25) is 0 Å². The van der Waals surface area contributed by atoms with E-state index in [-0.39, 0.29) is 33.3 Å². The number of allylic oxidation sites excluding steroid dienone is 2. The first kappa shape index (κ1) is 32.6. The Balaban J connectivity index is 1.58. The van der Waals surface area contributed by atoms with Gasteiger partial charge in [0.1, 0.15) is 16.9 Å². The molecule has 230 valence electrons. The fourth-order valence-corrected chi connectivity index (χ4v) is 5.72. The topological polar surface area (TPSA) is 144 Å². The molecule has 0 bridgehead atoms. The number of hydrogen-bond acceptors (Lipinski definition) is 10. The van der Waals surface area contributed by atoms with Gasteiger partial charge >= 0.3 is 12.1 Å². The fraction of sp³-hybridized carbons (Fsp3) is 0.273. The number of rotatable bonds is 13. The van der Waals surface area contributed by atoms with Gasteiger partial charge in [0.15, 0.2) is 11.2 Å². The van der Waals surface area contributed by atoms with Gasteiger partial charge in [-0.15, -0.1) is 0 Å². The second-order valence-corrected chi connectivity index (χ2v) is 11.3. The van der Waals surface area contributed by atoms with E-state index in [0.717, 1.165) is 6.42 Å². The van der Waals surface area contributed by atoms with Gasteiger partial charge in [-0.05, 0) is 60.4 Å². The van der Waals surface area contributed by atoms with Crippen molar-refractivity contribution in [1.82, 2.24) is 0 Å². The zero-order valence-corrected chi connectivity index (χ0v) is 25.8. The number of aliphatic hydroxyl groups excluding tert-OH is 1. The lowest BCUT2D eigenvalue weighted by Gasteiger charge is -2.20. The monoisotopic (exact) mass is 636 g/mol. The summed E-state index contributed by atoms with van der Waals surface area (Å²) < 4.78 is 16.5. The summed E-state index contributed by atoms with van der Waals surface area (Å²) >= 11 is 6.58. The number of thiocarbonyl (C=S) groups is 1. The Bertz CT molecular complexity index is 1780. The molecule has 3 aromatic rings. The molecule has 2 atom stereocenters. The van der Waals surface area contributed by atoms with E-state index in [1.165, 1.54) is 24.3 Å². The van der Waals surface area contributed by atoms with Crippen LogP contribution in [0.1, 0.15) is 72.2 Å². The van der Waals surface area contributed by atoms with Crippen LogP contribution in [0.5, 0.6) is 17.4 Å². The largest absolute Gasteiger partial charge is 0.513 e. The predicted octanol–water partition coefficient (Wildman–Crippen LogP) is 5.35. The molecule has 1 aliphatic carbocycles. The van der Waals surface area contributed by atoms with Gasteiger partial charge in [0.25, 0.3) is 0 Å². The summed E-state index contributed by atoms with van der Waals surface area (Å²) in [6.45, 7) is 3.66. The number of thiophene rings is 1. The SMILES string of the molecule is CCCc1c(OCC/C=C\C=C\C(c2c(OC(=O)O)oc3c(c2=O)=CCC(=S)C=3)C(O)c2ccsc2)ccc(C(C)=O)c1O. The third kappa shape index (κ3) is 7.60. The summed E-state index contributed by atoms with van der Waals surface area (Å²) in [5, 5.41) is 35.0. The van der Waals surface area contributed by atoms with E-state index in [2.05, 4.69) is 0 Å². The molecule has 0 saturated carbocycles. The molecule has 0 fully saturated rings. The van der Waals surface area contributed by atoms with Crippen LogP contribution >= 0.6 is 23.6 Å². The van der Waals surface area contributed by atoms with Gasteiger partial charge in [-0.3, -0.25) is 9.59 Å². The number of carbonyl (C=O) groups is 2. The molecular formula is C33H32O9S2. The summed E-state index contributed by atoms with van der Waals surface area (Å²) in [4.78, 5) is 37.5. The first-order valence-corrected chi connectivity index (χ1v) is 15.3. The van der Waals surface area contributed by atoms with Crippen molar-refractivity contribution in [3.8, 4) is 17.4 Å². The van der Waals surface area contributed by atoms with Crippen LogP contribution in [0.4, 0.5) is 4.79 Å². The molecule has 0 radical (unpaired) electrons. The van der Waals surface area contributed by atoms with E-state index in [4.69, 9.17) is 26.1 Å². The maximum atomic E-state index is 13.7. The number of carboxylic acid groups (broad SMARTS) is 1. The molecule has 3 N–H and O–H groups in total.